The maximum Gasteiger partial charge on any atom is 0.262 e. The fourth-order valence-corrected chi connectivity index (χ4v) is 2.68. The van der Waals surface area contributed by atoms with Crippen molar-refractivity contribution in [1.29, 1.82) is 0 Å². The van der Waals surface area contributed by atoms with E-state index in [1.807, 2.05) is 42.5 Å². The molecule has 27 heavy (non-hydrogen) atoms. The number of anilines is 2. The van der Waals surface area contributed by atoms with Crippen LogP contribution < -0.4 is 20.1 Å². The van der Waals surface area contributed by atoms with E-state index in [1.54, 1.807) is 18.2 Å². The highest BCUT2D eigenvalue weighted by molar-refractivity contribution is 5.95. The maximum absolute atomic E-state index is 12.3. The number of hydrogen-bond donors (Lipinski definition) is 2. The van der Waals surface area contributed by atoms with Gasteiger partial charge in [0.1, 0.15) is 11.5 Å². The summed E-state index contributed by atoms with van der Waals surface area (Å²) in [6.07, 6.45) is 0. The lowest BCUT2D eigenvalue weighted by Crippen LogP contribution is -2.20. The lowest BCUT2D eigenvalue weighted by molar-refractivity contribution is -0.118. The van der Waals surface area contributed by atoms with E-state index >= 15 is 0 Å². The maximum atomic E-state index is 12.3. The van der Waals surface area contributed by atoms with Gasteiger partial charge in [0.25, 0.3) is 5.91 Å². The summed E-state index contributed by atoms with van der Waals surface area (Å²) in [6.45, 7) is 1.27. The number of rotatable bonds is 6. The Bertz CT molecular complexity index is 985. The average molecular weight is 364 g/mol. The van der Waals surface area contributed by atoms with Crippen LogP contribution in [-0.2, 0) is 9.59 Å². The van der Waals surface area contributed by atoms with Crippen molar-refractivity contribution in [2.75, 3.05) is 24.4 Å². The van der Waals surface area contributed by atoms with Gasteiger partial charge in [0.15, 0.2) is 6.61 Å². The molecule has 6 nitrogen and oxygen atoms in total. The van der Waals surface area contributed by atoms with E-state index in [2.05, 4.69) is 10.6 Å². The molecule has 0 atom stereocenters. The van der Waals surface area contributed by atoms with Crippen LogP contribution in [0.1, 0.15) is 6.92 Å². The van der Waals surface area contributed by atoms with Gasteiger partial charge in [-0.1, -0.05) is 30.3 Å². The Morgan fingerprint density at radius 1 is 0.926 bits per heavy atom. The first-order valence-corrected chi connectivity index (χ1v) is 8.42. The topological polar surface area (TPSA) is 76.7 Å². The third-order valence-corrected chi connectivity index (χ3v) is 3.88. The second-order valence-electron chi connectivity index (χ2n) is 5.94. The lowest BCUT2D eigenvalue weighted by atomic mass is 10.1. The highest BCUT2D eigenvalue weighted by atomic mass is 16.5. The highest BCUT2D eigenvalue weighted by Gasteiger charge is 2.10. The van der Waals surface area contributed by atoms with E-state index < -0.39 is 0 Å². The number of fused-ring (bicyclic) bond motifs is 1. The number of hydrogen-bond acceptors (Lipinski definition) is 4. The second kappa shape index (κ2) is 8.23. The minimum absolute atomic E-state index is 0.147. The standard InChI is InChI=1S/C21H20N2O4/c1-14(24)22-17-8-10-20(26-2)19(12-17)23-21(25)13-27-18-9-7-15-5-3-4-6-16(15)11-18/h3-12H,13H2,1-2H3,(H,22,24)(H,23,25). The van der Waals surface area contributed by atoms with Crippen molar-refractivity contribution >= 4 is 34.0 Å². The minimum atomic E-state index is -0.332. The fourth-order valence-electron chi connectivity index (χ4n) is 2.68. The zero-order valence-corrected chi connectivity index (χ0v) is 15.1. The molecular weight excluding hydrogens is 344 g/mol. The number of methoxy groups -OCH3 is 1. The monoisotopic (exact) mass is 364 g/mol. The molecule has 0 aliphatic heterocycles. The quantitative estimate of drug-likeness (QED) is 0.697. The van der Waals surface area contributed by atoms with Crippen LogP contribution in [0.2, 0.25) is 0 Å². The highest BCUT2D eigenvalue weighted by Crippen LogP contribution is 2.28. The molecule has 0 unspecified atom stereocenters. The van der Waals surface area contributed by atoms with E-state index in [-0.39, 0.29) is 18.4 Å². The molecule has 138 valence electrons. The Labute approximate surface area is 157 Å². The van der Waals surface area contributed by atoms with E-state index in [1.165, 1.54) is 14.0 Å². The van der Waals surface area contributed by atoms with Crippen molar-refractivity contribution < 1.29 is 19.1 Å². The number of amides is 2. The lowest BCUT2D eigenvalue weighted by Gasteiger charge is -2.13. The summed E-state index contributed by atoms with van der Waals surface area (Å²) in [6, 6.07) is 18.6. The summed E-state index contributed by atoms with van der Waals surface area (Å²) >= 11 is 0. The van der Waals surface area contributed by atoms with Gasteiger partial charge in [-0.05, 0) is 41.1 Å². The number of carbonyl (C=O) groups excluding carboxylic acids is 2. The predicted octanol–water partition coefficient (Wildman–Crippen LogP) is 3.82. The smallest absolute Gasteiger partial charge is 0.262 e. The van der Waals surface area contributed by atoms with Crippen molar-refractivity contribution in [1.82, 2.24) is 0 Å². The second-order valence-corrected chi connectivity index (χ2v) is 5.94. The van der Waals surface area contributed by atoms with Crippen LogP contribution in [0.25, 0.3) is 10.8 Å². The van der Waals surface area contributed by atoms with Crippen LogP contribution in [0, 0.1) is 0 Å². The third kappa shape index (κ3) is 4.76. The van der Waals surface area contributed by atoms with Crippen molar-refractivity contribution in [3.8, 4) is 11.5 Å². The van der Waals surface area contributed by atoms with Crippen molar-refractivity contribution in [3.63, 3.8) is 0 Å². The van der Waals surface area contributed by atoms with Crippen LogP contribution in [-0.4, -0.2) is 25.5 Å². The van der Waals surface area contributed by atoms with Crippen LogP contribution in [0.5, 0.6) is 11.5 Å². The van der Waals surface area contributed by atoms with Gasteiger partial charge in [-0.3, -0.25) is 9.59 Å². The Morgan fingerprint density at radius 2 is 1.70 bits per heavy atom. The summed E-state index contributed by atoms with van der Waals surface area (Å²) in [5.41, 5.74) is 1.02. The van der Waals surface area contributed by atoms with Crippen LogP contribution >= 0.6 is 0 Å². The van der Waals surface area contributed by atoms with E-state index in [4.69, 9.17) is 9.47 Å². The number of benzene rings is 3. The number of nitrogens with one attached hydrogen (secondary N) is 2. The molecule has 0 saturated heterocycles. The Hall–Kier alpha value is -3.54. The van der Waals surface area contributed by atoms with Crippen LogP contribution in [0.3, 0.4) is 0 Å². The van der Waals surface area contributed by atoms with E-state index in [0.29, 0.717) is 22.9 Å². The normalized spacial score (nSPS) is 10.3. The third-order valence-electron chi connectivity index (χ3n) is 3.88. The molecule has 0 bridgehead atoms. The largest absolute Gasteiger partial charge is 0.495 e. The van der Waals surface area contributed by atoms with Crippen molar-refractivity contribution in [2.45, 2.75) is 6.92 Å². The molecule has 3 rings (SSSR count). The summed E-state index contributed by atoms with van der Waals surface area (Å²) in [4.78, 5) is 23.5. The number of ether oxygens (including phenoxy) is 2. The fraction of sp³-hybridized carbons (Fsp3) is 0.143. The average Bonchev–Trinajstić information content (AvgIpc) is 2.66. The van der Waals surface area contributed by atoms with Gasteiger partial charge in [-0.2, -0.15) is 0 Å². The summed E-state index contributed by atoms with van der Waals surface area (Å²) in [7, 11) is 1.51. The molecule has 0 aliphatic carbocycles. The molecular formula is C21H20N2O4. The summed E-state index contributed by atoms with van der Waals surface area (Å²) in [5, 5.41) is 7.56. The van der Waals surface area contributed by atoms with Gasteiger partial charge in [-0.25, -0.2) is 0 Å². The van der Waals surface area contributed by atoms with Gasteiger partial charge in [0, 0.05) is 12.6 Å². The zero-order valence-electron chi connectivity index (χ0n) is 15.1. The van der Waals surface area contributed by atoms with Crippen molar-refractivity contribution in [3.05, 3.63) is 60.7 Å². The van der Waals surface area contributed by atoms with Gasteiger partial charge in [0.2, 0.25) is 5.91 Å². The molecule has 2 amide bonds. The van der Waals surface area contributed by atoms with E-state index in [9.17, 15) is 9.59 Å². The molecule has 2 N–H and O–H groups in total. The van der Waals surface area contributed by atoms with Gasteiger partial charge < -0.3 is 20.1 Å². The van der Waals surface area contributed by atoms with E-state index in [0.717, 1.165) is 10.8 Å². The first-order valence-electron chi connectivity index (χ1n) is 8.42. The molecule has 0 radical (unpaired) electrons. The number of carbonyl (C=O) groups is 2. The van der Waals surface area contributed by atoms with Crippen molar-refractivity contribution in [2.24, 2.45) is 0 Å². The zero-order chi connectivity index (χ0) is 19.2. The molecule has 3 aromatic rings. The Morgan fingerprint density at radius 3 is 2.44 bits per heavy atom. The van der Waals surface area contributed by atoms with Gasteiger partial charge in [-0.15, -0.1) is 0 Å². The van der Waals surface area contributed by atoms with Crippen LogP contribution in [0.15, 0.2) is 60.7 Å². The molecule has 6 heteroatoms. The van der Waals surface area contributed by atoms with Gasteiger partial charge in [0.05, 0.1) is 12.8 Å². The molecule has 0 aliphatic rings. The molecule has 0 aromatic heterocycles. The Balaban J connectivity index is 1.66. The predicted molar refractivity (Wildman–Crippen MR) is 105 cm³/mol. The first-order chi connectivity index (χ1) is 13.0. The first kappa shape index (κ1) is 18.3. The Kier molecular flexibility index (Phi) is 5.56. The summed E-state index contributed by atoms with van der Waals surface area (Å²) < 4.78 is 10.8. The molecule has 0 saturated carbocycles. The molecule has 0 fully saturated rings. The molecule has 0 spiro atoms. The van der Waals surface area contributed by atoms with Crippen LogP contribution in [0.4, 0.5) is 11.4 Å². The SMILES string of the molecule is COc1ccc(NC(C)=O)cc1NC(=O)COc1ccc2ccccc2c1. The van der Waals surface area contributed by atoms with Gasteiger partial charge >= 0.3 is 0 Å². The summed E-state index contributed by atoms with van der Waals surface area (Å²) in [5.74, 6) is 0.574. The minimum Gasteiger partial charge on any atom is -0.495 e. The molecule has 3 aromatic carbocycles. The molecule has 0 heterocycles.